The molecule has 0 radical (unpaired) electrons. The highest BCUT2D eigenvalue weighted by molar-refractivity contribution is 7.91. The van der Waals surface area contributed by atoms with Gasteiger partial charge in [0.15, 0.2) is 5.82 Å². The number of aromatic nitrogens is 2. The van der Waals surface area contributed by atoms with Crippen LogP contribution >= 0.6 is 22.9 Å². The predicted molar refractivity (Wildman–Crippen MR) is 62.4 cm³/mol. The third kappa shape index (κ3) is 3.03. The Labute approximate surface area is 107 Å². The largest absolute Gasteiger partial charge is 0.338 e. The molecule has 2 aromatic rings. The van der Waals surface area contributed by atoms with Crippen LogP contribution in [0.2, 0.25) is 4.34 Å². The lowest BCUT2D eigenvalue weighted by Gasteiger charge is -2.00. The number of aryl methyl sites for hydroxylation is 1. The molecule has 9 heteroatoms. The second kappa shape index (κ2) is 4.73. The Bertz CT molecular complexity index is 620. The Morgan fingerprint density at radius 3 is 2.82 bits per heavy atom. The van der Waals surface area contributed by atoms with Crippen LogP contribution in [0.25, 0.3) is 0 Å². The number of thiophene rings is 1. The van der Waals surface area contributed by atoms with Gasteiger partial charge in [-0.2, -0.15) is 4.98 Å². The van der Waals surface area contributed by atoms with Crippen molar-refractivity contribution >= 4 is 33.0 Å². The number of hydrogen-bond acceptors (Lipinski definition) is 6. The molecule has 2 rings (SSSR count). The summed E-state index contributed by atoms with van der Waals surface area (Å²) < 4.78 is 31.3. The highest BCUT2D eigenvalue weighted by atomic mass is 35.5. The summed E-state index contributed by atoms with van der Waals surface area (Å²) in [6.45, 7) is 1.61. The minimum Gasteiger partial charge on any atom is -0.338 e. The van der Waals surface area contributed by atoms with Gasteiger partial charge in [0.25, 0.3) is 10.0 Å². The van der Waals surface area contributed by atoms with Gasteiger partial charge in [-0.25, -0.2) is 13.1 Å². The molecule has 0 unspecified atom stereocenters. The number of nitrogens with zero attached hydrogens (tertiary/aromatic N) is 2. The molecule has 92 valence electrons. The average Bonchev–Trinajstić information content (AvgIpc) is 2.85. The molecular weight excluding hydrogens is 286 g/mol. The van der Waals surface area contributed by atoms with Crippen molar-refractivity contribution in [3.05, 3.63) is 28.2 Å². The van der Waals surface area contributed by atoms with Crippen molar-refractivity contribution in [2.24, 2.45) is 0 Å². The van der Waals surface area contributed by atoms with Gasteiger partial charge >= 0.3 is 0 Å². The van der Waals surface area contributed by atoms with E-state index in [9.17, 15) is 8.42 Å². The first kappa shape index (κ1) is 12.5. The molecule has 0 spiro atoms. The quantitative estimate of drug-likeness (QED) is 0.925. The topological polar surface area (TPSA) is 85.1 Å². The van der Waals surface area contributed by atoms with Gasteiger partial charge in [0.2, 0.25) is 5.89 Å². The van der Waals surface area contributed by atoms with Crippen molar-refractivity contribution in [1.82, 2.24) is 14.9 Å². The van der Waals surface area contributed by atoms with Crippen molar-refractivity contribution in [2.75, 3.05) is 0 Å². The third-order valence-electron chi connectivity index (χ3n) is 1.80. The molecule has 6 nitrogen and oxygen atoms in total. The van der Waals surface area contributed by atoms with E-state index in [0.29, 0.717) is 10.2 Å². The molecule has 2 aromatic heterocycles. The van der Waals surface area contributed by atoms with Crippen LogP contribution in [0.5, 0.6) is 0 Å². The smallest absolute Gasteiger partial charge is 0.250 e. The normalized spacial score (nSPS) is 11.9. The monoisotopic (exact) mass is 293 g/mol. The van der Waals surface area contributed by atoms with Crippen LogP contribution in [0, 0.1) is 6.92 Å². The van der Waals surface area contributed by atoms with Crippen molar-refractivity contribution in [3.8, 4) is 0 Å². The standard InChI is InChI=1S/C8H8ClN3O3S2/c1-5-11-7(15-12-5)4-10-17(13,14)8-3-2-6(9)16-8/h2-3,10H,4H2,1H3. The first-order valence-corrected chi connectivity index (χ1v) is 7.19. The molecule has 0 amide bonds. The molecule has 0 atom stereocenters. The van der Waals surface area contributed by atoms with Crippen LogP contribution in [-0.4, -0.2) is 18.6 Å². The summed E-state index contributed by atoms with van der Waals surface area (Å²) in [7, 11) is -3.57. The number of rotatable bonds is 4. The molecule has 0 fully saturated rings. The van der Waals surface area contributed by atoms with E-state index in [4.69, 9.17) is 16.1 Å². The fourth-order valence-electron chi connectivity index (χ4n) is 1.08. The Balaban J connectivity index is 2.08. The zero-order valence-electron chi connectivity index (χ0n) is 8.68. The molecular formula is C8H8ClN3O3S2. The van der Waals surface area contributed by atoms with Gasteiger partial charge in [-0.15, -0.1) is 11.3 Å². The zero-order valence-corrected chi connectivity index (χ0v) is 11.1. The Hall–Kier alpha value is -0.960. The van der Waals surface area contributed by atoms with E-state index in [1.807, 2.05) is 0 Å². The van der Waals surface area contributed by atoms with Crippen molar-refractivity contribution in [3.63, 3.8) is 0 Å². The zero-order chi connectivity index (χ0) is 12.5. The number of sulfonamides is 1. The molecule has 0 aliphatic heterocycles. The van der Waals surface area contributed by atoms with Gasteiger partial charge in [-0.1, -0.05) is 16.8 Å². The van der Waals surface area contributed by atoms with E-state index in [2.05, 4.69) is 14.9 Å². The number of nitrogens with one attached hydrogen (secondary N) is 1. The highest BCUT2D eigenvalue weighted by Crippen LogP contribution is 2.25. The average molecular weight is 294 g/mol. The summed E-state index contributed by atoms with van der Waals surface area (Å²) in [6, 6.07) is 2.96. The molecule has 0 aromatic carbocycles. The molecule has 0 saturated carbocycles. The van der Waals surface area contributed by atoms with Gasteiger partial charge in [-0.05, 0) is 19.1 Å². The first-order valence-electron chi connectivity index (χ1n) is 4.51. The fourth-order valence-corrected chi connectivity index (χ4v) is 3.58. The van der Waals surface area contributed by atoms with Crippen LogP contribution in [-0.2, 0) is 16.6 Å². The molecule has 1 N–H and O–H groups in total. The highest BCUT2D eigenvalue weighted by Gasteiger charge is 2.17. The molecule has 2 heterocycles. The summed E-state index contributed by atoms with van der Waals surface area (Å²) in [5, 5.41) is 3.55. The van der Waals surface area contributed by atoms with Crippen LogP contribution in [0.15, 0.2) is 20.9 Å². The van der Waals surface area contributed by atoms with Crippen LogP contribution < -0.4 is 4.72 Å². The van der Waals surface area contributed by atoms with E-state index in [1.54, 1.807) is 6.92 Å². The van der Waals surface area contributed by atoms with E-state index >= 15 is 0 Å². The molecule has 0 bridgehead atoms. The number of halogens is 1. The maximum Gasteiger partial charge on any atom is 0.250 e. The lowest BCUT2D eigenvalue weighted by Crippen LogP contribution is -2.22. The van der Waals surface area contributed by atoms with Gasteiger partial charge in [0.1, 0.15) is 4.21 Å². The summed E-state index contributed by atoms with van der Waals surface area (Å²) in [4.78, 5) is 3.89. The lowest BCUT2D eigenvalue weighted by atomic mass is 10.6. The summed E-state index contributed by atoms with van der Waals surface area (Å²) in [6.07, 6.45) is 0. The lowest BCUT2D eigenvalue weighted by molar-refractivity contribution is 0.372. The van der Waals surface area contributed by atoms with Crippen molar-refractivity contribution in [1.29, 1.82) is 0 Å². The van der Waals surface area contributed by atoms with E-state index in [-0.39, 0.29) is 16.6 Å². The molecule has 17 heavy (non-hydrogen) atoms. The number of hydrogen-bond donors (Lipinski definition) is 1. The Morgan fingerprint density at radius 2 is 2.29 bits per heavy atom. The molecule has 0 aliphatic rings. The second-order valence-corrected chi connectivity index (χ2v) is 6.83. The van der Waals surface area contributed by atoms with E-state index in [1.165, 1.54) is 12.1 Å². The van der Waals surface area contributed by atoms with Crippen LogP contribution in [0.4, 0.5) is 0 Å². The maximum atomic E-state index is 11.8. The molecule has 0 aliphatic carbocycles. The summed E-state index contributed by atoms with van der Waals surface area (Å²) >= 11 is 6.66. The molecule has 0 saturated heterocycles. The first-order chi connectivity index (χ1) is 7.97. The Morgan fingerprint density at radius 1 is 1.53 bits per heavy atom. The summed E-state index contributed by atoms with van der Waals surface area (Å²) in [5.74, 6) is 0.673. The maximum absolute atomic E-state index is 11.8. The third-order valence-corrected chi connectivity index (χ3v) is 4.92. The van der Waals surface area contributed by atoms with Crippen molar-refractivity contribution in [2.45, 2.75) is 17.7 Å². The van der Waals surface area contributed by atoms with Crippen molar-refractivity contribution < 1.29 is 12.9 Å². The summed E-state index contributed by atoms with van der Waals surface area (Å²) in [5.41, 5.74) is 0. The predicted octanol–water partition coefficient (Wildman–Crippen LogP) is 1.57. The second-order valence-electron chi connectivity index (χ2n) is 3.12. The SMILES string of the molecule is Cc1noc(CNS(=O)(=O)c2ccc(Cl)s2)n1. The van der Waals surface area contributed by atoms with E-state index < -0.39 is 10.0 Å². The van der Waals surface area contributed by atoms with E-state index in [0.717, 1.165) is 11.3 Å². The van der Waals surface area contributed by atoms with Gasteiger partial charge < -0.3 is 4.52 Å². The van der Waals surface area contributed by atoms with Crippen LogP contribution in [0.3, 0.4) is 0 Å². The van der Waals surface area contributed by atoms with Gasteiger partial charge in [-0.3, -0.25) is 0 Å². The Kier molecular flexibility index (Phi) is 3.48. The van der Waals surface area contributed by atoms with Gasteiger partial charge in [0, 0.05) is 0 Å². The van der Waals surface area contributed by atoms with Gasteiger partial charge in [0.05, 0.1) is 10.9 Å². The fraction of sp³-hybridized carbons (Fsp3) is 0.250. The minimum atomic E-state index is -3.57. The van der Waals surface area contributed by atoms with Crippen LogP contribution in [0.1, 0.15) is 11.7 Å². The minimum absolute atomic E-state index is 0.0430.